The van der Waals surface area contributed by atoms with Crippen LogP contribution in [0, 0.1) is 6.92 Å². The van der Waals surface area contributed by atoms with Gasteiger partial charge >= 0.3 is 0 Å². The van der Waals surface area contributed by atoms with E-state index in [4.69, 9.17) is 11.6 Å². The van der Waals surface area contributed by atoms with Crippen LogP contribution in [0.2, 0.25) is 5.02 Å². The zero-order valence-corrected chi connectivity index (χ0v) is 20.7. The Kier molecular flexibility index (Phi) is 5.83. The Balaban J connectivity index is 1.80. The summed E-state index contributed by atoms with van der Waals surface area (Å²) in [5.74, 6) is -2.85. The van der Waals surface area contributed by atoms with E-state index in [0.717, 1.165) is 4.47 Å². The summed E-state index contributed by atoms with van der Waals surface area (Å²) < 4.78 is 2.16. The van der Waals surface area contributed by atoms with Gasteiger partial charge in [-0.2, -0.15) is 0 Å². The second kappa shape index (κ2) is 8.83. The number of carbonyl (C=O) groups excluding carboxylic acids is 2. The molecule has 0 bridgehead atoms. The molecule has 0 radical (unpaired) electrons. The molecule has 4 aromatic rings. The van der Waals surface area contributed by atoms with Crippen LogP contribution in [-0.4, -0.2) is 26.5 Å². The zero-order chi connectivity index (χ0) is 24.9. The van der Waals surface area contributed by atoms with E-state index in [-0.39, 0.29) is 28.0 Å². The zero-order valence-electron chi connectivity index (χ0n) is 18.4. The second-order valence-electron chi connectivity index (χ2n) is 8.22. The lowest BCUT2D eigenvalue weighted by Gasteiger charge is -2.24. The Labute approximate surface area is 213 Å². The molecule has 0 saturated heterocycles. The van der Waals surface area contributed by atoms with Crippen molar-refractivity contribution in [2.24, 2.45) is 0 Å². The van der Waals surface area contributed by atoms with Crippen molar-refractivity contribution in [2.75, 3.05) is 0 Å². The first-order chi connectivity index (χ1) is 16.8. The molecule has 0 fully saturated rings. The van der Waals surface area contributed by atoms with Crippen molar-refractivity contribution >= 4 is 44.9 Å². The highest BCUT2D eigenvalue weighted by atomic mass is 79.9. The lowest BCUT2D eigenvalue weighted by Crippen LogP contribution is -2.30. The van der Waals surface area contributed by atoms with Crippen LogP contribution >= 0.6 is 27.5 Å². The molecule has 3 aromatic carbocycles. The van der Waals surface area contributed by atoms with E-state index in [1.807, 2.05) is 0 Å². The van der Waals surface area contributed by atoms with Crippen LogP contribution in [0.4, 0.5) is 0 Å². The number of aromatic amines is 1. The highest BCUT2D eigenvalue weighted by Crippen LogP contribution is 2.40. The predicted octanol–water partition coefficient (Wildman–Crippen LogP) is 5.76. The highest BCUT2D eigenvalue weighted by molar-refractivity contribution is 9.10. The van der Waals surface area contributed by atoms with Gasteiger partial charge in [0.25, 0.3) is 5.56 Å². The molecule has 0 saturated carbocycles. The van der Waals surface area contributed by atoms with Gasteiger partial charge < -0.3 is 5.11 Å². The summed E-state index contributed by atoms with van der Waals surface area (Å²) >= 11 is 9.41. The summed E-state index contributed by atoms with van der Waals surface area (Å²) in [4.78, 5) is 40.1. The first-order valence-corrected chi connectivity index (χ1v) is 11.9. The molecular formula is C27H18BrClN2O4. The maximum absolute atomic E-state index is 13.7. The number of aryl methyl sites for hydroxylation is 1. The first kappa shape index (κ1) is 23.1. The quantitative estimate of drug-likeness (QED) is 0.317. The van der Waals surface area contributed by atoms with Crippen LogP contribution in [0.1, 0.15) is 38.7 Å². The van der Waals surface area contributed by atoms with E-state index in [0.29, 0.717) is 22.0 Å². The number of aromatic nitrogens is 2. The topological polar surface area (TPSA) is 92.2 Å². The van der Waals surface area contributed by atoms with Gasteiger partial charge in [-0.05, 0) is 48.9 Å². The van der Waals surface area contributed by atoms with E-state index >= 15 is 0 Å². The Bertz CT molecular complexity index is 1580. The molecule has 8 heteroatoms. The number of allylic oxidation sites excluding steroid dienone is 1. The number of halogens is 2. The summed E-state index contributed by atoms with van der Waals surface area (Å²) in [6, 6.07) is 20.2. The molecule has 5 rings (SSSR count). The van der Waals surface area contributed by atoms with Crippen LogP contribution in [0.3, 0.4) is 0 Å². The lowest BCUT2D eigenvalue weighted by atomic mass is 9.76. The van der Waals surface area contributed by atoms with Gasteiger partial charge in [0, 0.05) is 32.2 Å². The maximum atomic E-state index is 13.7. The smallest absolute Gasteiger partial charge is 0.275 e. The molecule has 1 aliphatic carbocycles. The number of nitrogens with one attached hydrogen (secondary N) is 1. The molecule has 0 amide bonds. The minimum atomic E-state index is -0.981. The Morgan fingerprint density at radius 3 is 2.17 bits per heavy atom. The summed E-state index contributed by atoms with van der Waals surface area (Å²) in [7, 11) is 0. The number of rotatable bonds is 4. The molecule has 1 heterocycles. The molecular weight excluding hydrogens is 532 g/mol. The fourth-order valence-corrected chi connectivity index (χ4v) is 4.85. The lowest BCUT2D eigenvalue weighted by molar-refractivity contribution is -0.112. The van der Waals surface area contributed by atoms with Gasteiger partial charge in [-0.3, -0.25) is 19.5 Å². The number of H-pyrrole nitrogens is 1. The predicted molar refractivity (Wildman–Crippen MR) is 137 cm³/mol. The fourth-order valence-electron chi connectivity index (χ4n) is 4.46. The average Bonchev–Trinajstić information content (AvgIpc) is 3.15. The average molecular weight is 550 g/mol. The van der Waals surface area contributed by atoms with Gasteiger partial charge in [0.2, 0.25) is 11.6 Å². The minimum absolute atomic E-state index is 0.126. The van der Waals surface area contributed by atoms with E-state index < -0.39 is 23.0 Å². The van der Waals surface area contributed by atoms with Gasteiger partial charge in [0.05, 0.1) is 16.8 Å². The number of aliphatic hydroxyl groups excluding tert-OH is 1. The maximum Gasteiger partial charge on any atom is 0.275 e. The summed E-state index contributed by atoms with van der Waals surface area (Å²) in [6.45, 7) is 1.72. The normalized spacial score (nSPS) is 14.3. The van der Waals surface area contributed by atoms with Crippen molar-refractivity contribution in [3.05, 3.63) is 126 Å². The number of fused-ring (bicyclic) bond motifs is 1. The number of carbonyl (C=O) groups is 2. The Morgan fingerprint density at radius 1 is 0.886 bits per heavy atom. The monoisotopic (exact) mass is 548 g/mol. The fraction of sp³-hybridized carbons (Fsp3) is 0.0741. The first-order valence-electron chi connectivity index (χ1n) is 10.7. The number of benzene rings is 3. The summed E-state index contributed by atoms with van der Waals surface area (Å²) in [6.07, 6.45) is 0. The third-order valence-corrected chi connectivity index (χ3v) is 6.90. The number of aliphatic hydroxyl groups is 1. The van der Waals surface area contributed by atoms with Crippen molar-refractivity contribution in [1.82, 2.24) is 9.78 Å². The van der Waals surface area contributed by atoms with Gasteiger partial charge in [0.1, 0.15) is 5.76 Å². The van der Waals surface area contributed by atoms with Gasteiger partial charge in [0.15, 0.2) is 0 Å². The molecule has 0 aliphatic heterocycles. The number of nitrogens with zero attached hydrogens (tertiary/aromatic N) is 1. The van der Waals surface area contributed by atoms with Crippen molar-refractivity contribution in [3.63, 3.8) is 0 Å². The molecule has 6 nitrogen and oxygen atoms in total. The Hall–Kier alpha value is -3.68. The number of hydrogen-bond acceptors (Lipinski definition) is 4. The third-order valence-electron chi connectivity index (χ3n) is 6.12. The molecule has 2 N–H and O–H groups in total. The third kappa shape index (κ3) is 3.87. The van der Waals surface area contributed by atoms with E-state index in [2.05, 4.69) is 21.0 Å². The number of ketones is 2. The molecule has 1 aliphatic rings. The molecule has 174 valence electrons. The summed E-state index contributed by atoms with van der Waals surface area (Å²) in [5, 5.41) is 14.8. The standard InChI is InChI=1S/C27H18BrClN2O4/c1-14-21(27(35)31(30-14)18-12-10-17(29)11-13-18)22(15-6-8-16(28)9-7-15)23-24(32)19-4-2-3-5-20(19)25(33)26(23)34/h2-13,22,30,32H,1H3. The Morgan fingerprint density at radius 2 is 1.51 bits per heavy atom. The number of hydrogen-bond donors (Lipinski definition) is 2. The molecule has 1 aromatic heterocycles. The SMILES string of the molecule is Cc1[nH]n(-c2ccc(Cl)cc2)c(=O)c1C(C1=C(O)c2ccccc2C(=O)C1=O)c1ccc(Br)cc1. The molecule has 0 spiro atoms. The van der Waals surface area contributed by atoms with Crippen LogP contribution in [0.15, 0.2) is 87.6 Å². The van der Waals surface area contributed by atoms with Crippen LogP contribution in [0.5, 0.6) is 0 Å². The van der Waals surface area contributed by atoms with Crippen molar-refractivity contribution < 1.29 is 14.7 Å². The van der Waals surface area contributed by atoms with Crippen LogP contribution in [-0.2, 0) is 4.79 Å². The molecule has 35 heavy (non-hydrogen) atoms. The number of Topliss-reactive ketones (excluding diaryl/α,β-unsaturated/α-hetero) is 2. The van der Waals surface area contributed by atoms with Gasteiger partial charge in [-0.1, -0.05) is 63.9 Å². The van der Waals surface area contributed by atoms with E-state index in [9.17, 15) is 19.5 Å². The van der Waals surface area contributed by atoms with Crippen molar-refractivity contribution in [1.29, 1.82) is 0 Å². The van der Waals surface area contributed by atoms with E-state index in [1.54, 1.807) is 73.7 Å². The largest absolute Gasteiger partial charge is 0.507 e. The van der Waals surface area contributed by atoms with Crippen LogP contribution in [0.25, 0.3) is 11.4 Å². The van der Waals surface area contributed by atoms with Crippen LogP contribution < -0.4 is 5.56 Å². The minimum Gasteiger partial charge on any atom is -0.507 e. The molecule has 1 unspecified atom stereocenters. The van der Waals surface area contributed by atoms with Gasteiger partial charge in [-0.15, -0.1) is 0 Å². The van der Waals surface area contributed by atoms with Crippen molar-refractivity contribution in [3.8, 4) is 5.69 Å². The molecule has 1 atom stereocenters. The summed E-state index contributed by atoms with van der Waals surface area (Å²) in [5.41, 5.74) is 1.76. The highest BCUT2D eigenvalue weighted by Gasteiger charge is 2.40. The van der Waals surface area contributed by atoms with Crippen molar-refractivity contribution in [2.45, 2.75) is 12.8 Å². The second-order valence-corrected chi connectivity index (χ2v) is 9.57. The van der Waals surface area contributed by atoms with E-state index in [1.165, 1.54) is 10.7 Å². The van der Waals surface area contributed by atoms with Gasteiger partial charge in [-0.25, -0.2) is 4.68 Å².